The lowest BCUT2D eigenvalue weighted by molar-refractivity contribution is 0.477. The summed E-state index contributed by atoms with van der Waals surface area (Å²) in [6.45, 7) is 3.70. The molecule has 0 spiro atoms. The van der Waals surface area contributed by atoms with Crippen molar-refractivity contribution in [2.75, 3.05) is 5.32 Å². The van der Waals surface area contributed by atoms with Gasteiger partial charge >= 0.3 is 5.69 Å². The van der Waals surface area contributed by atoms with Crippen LogP contribution in [-0.4, -0.2) is 30.3 Å². The van der Waals surface area contributed by atoms with Crippen molar-refractivity contribution >= 4 is 5.82 Å². The first-order valence-electron chi connectivity index (χ1n) is 7.08. The summed E-state index contributed by atoms with van der Waals surface area (Å²) in [7, 11) is 0. The quantitative estimate of drug-likeness (QED) is 0.582. The van der Waals surface area contributed by atoms with Gasteiger partial charge in [-0.3, -0.25) is 4.98 Å². The highest BCUT2D eigenvalue weighted by Gasteiger charge is 2.13. The van der Waals surface area contributed by atoms with Gasteiger partial charge in [0.15, 0.2) is 11.6 Å². The Bertz CT molecular complexity index is 885. The van der Waals surface area contributed by atoms with Gasteiger partial charge < -0.3 is 10.4 Å². The lowest BCUT2D eigenvalue weighted by Crippen LogP contribution is -2.12. The number of aromatic amines is 2. The fraction of sp³-hybridized carbons (Fsp3) is 0.200. The molecule has 0 saturated heterocycles. The van der Waals surface area contributed by atoms with Crippen LogP contribution in [0, 0.1) is 6.92 Å². The normalized spacial score (nSPS) is 12.1. The molecule has 0 aliphatic heterocycles. The number of rotatable bonds is 4. The molecule has 0 bridgehead atoms. The highest BCUT2D eigenvalue weighted by Crippen LogP contribution is 2.27. The number of hydrogen-bond acceptors (Lipinski definition) is 6. The van der Waals surface area contributed by atoms with Crippen molar-refractivity contribution in [1.82, 2.24) is 25.1 Å². The van der Waals surface area contributed by atoms with E-state index in [-0.39, 0.29) is 17.5 Å². The molecular formula is C15H16N6O2. The van der Waals surface area contributed by atoms with E-state index in [2.05, 4.69) is 30.5 Å². The third-order valence-corrected chi connectivity index (χ3v) is 3.29. The average Bonchev–Trinajstić information content (AvgIpc) is 2.94. The predicted molar refractivity (Wildman–Crippen MR) is 85.1 cm³/mol. The number of anilines is 1. The number of nitrogens with zero attached hydrogens (tertiary/aromatic N) is 3. The topological polar surface area (TPSA) is 120 Å². The molecule has 0 saturated carbocycles. The van der Waals surface area contributed by atoms with Crippen LogP contribution in [0.1, 0.15) is 24.5 Å². The number of aryl methyl sites for hydroxylation is 1. The van der Waals surface area contributed by atoms with Crippen LogP contribution in [0.3, 0.4) is 0 Å². The Morgan fingerprint density at radius 1 is 1.26 bits per heavy atom. The molecule has 4 N–H and O–H groups in total. The Labute approximate surface area is 131 Å². The van der Waals surface area contributed by atoms with Gasteiger partial charge in [-0.25, -0.2) is 19.9 Å². The Hall–Kier alpha value is -3.16. The molecule has 0 radical (unpaired) electrons. The molecule has 0 aliphatic rings. The van der Waals surface area contributed by atoms with Crippen LogP contribution in [-0.2, 0) is 0 Å². The van der Waals surface area contributed by atoms with Crippen molar-refractivity contribution < 1.29 is 5.11 Å². The lowest BCUT2D eigenvalue weighted by atomic mass is 10.2. The van der Waals surface area contributed by atoms with E-state index in [9.17, 15) is 9.90 Å². The van der Waals surface area contributed by atoms with Gasteiger partial charge in [0.1, 0.15) is 11.6 Å². The van der Waals surface area contributed by atoms with E-state index in [1.165, 1.54) is 0 Å². The van der Waals surface area contributed by atoms with Crippen molar-refractivity contribution in [3.63, 3.8) is 0 Å². The Morgan fingerprint density at radius 3 is 2.74 bits per heavy atom. The summed E-state index contributed by atoms with van der Waals surface area (Å²) in [5, 5.41) is 19.3. The molecule has 1 aromatic carbocycles. The second-order valence-electron chi connectivity index (χ2n) is 5.16. The first-order chi connectivity index (χ1) is 11.0. The van der Waals surface area contributed by atoms with Crippen LogP contribution in [0.5, 0.6) is 5.75 Å². The summed E-state index contributed by atoms with van der Waals surface area (Å²) < 4.78 is 0. The first kappa shape index (κ1) is 14.8. The molecular weight excluding hydrogens is 296 g/mol. The lowest BCUT2D eigenvalue weighted by Gasteiger charge is -2.13. The summed E-state index contributed by atoms with van der Waals surface area (Å²) in [6, 6.07) is 8.42. The number of phenols is 1. The minimum atomic E-state index is -0.359. The summed E-state index contributed by atoms with van der Waals surface area (Å²) in [5.74, 6) is 1.60. The van der Waals surface area contributed by atoms with Crippen molar-refractivity contribution in [2.24, 2.45) is 0 Å². The average molecular weight is 312 g/mol. The first-order valence-corrected chi connectivity index (χ1v) is 7.08. The number of phenolic OH excluding ortho intramolecular Hbond substituents is 1. The molecule has 2 heterocycles. The van der Waals surface area contributed by atoms with Gasteiger partial charge in [0.2, 0.25) is 0 Å². The molecule has 118 valence electrons. The molecule has 0 unspecified atom stereocenters. The van der Waals surface area contributed by atoms with E-state index in [0.29, 0.717) is 23.0 Å². The monoisotopic (exact) mass is 312 g/mol. The number of hydrogen-bond donors (Lipinski definition) is 4. The summed E-state index contributed by atoms with van der Waals surface area (Å²) >= 11 is 0. The fourth-order valence-corrected chi connectivity index (χ4v) is 2.20. The van der Waals surface area contributed by atoms with Crippen molar-refractivity contribution in [2.45, 2.75) is 19.9 Å². The summed E-state index contributed by atoms with van der Waals surface area (Å²) in [6.07, 6.45) is 0. The van der Waals surface area contributed by atoms with Crippen LogP contribution in [0.25, 0.3) is 11.4 Å². The number of aromatic nitrogens is 5. The van der Waals surface area contributed by atoms with Gasteiger partial charge in [-0.15, -0.1) is 0 Å². The summed E-state index contributed by atoms with van der Waals surface area (Å²) in [5.41, 5.74) is 0.950. The SMILES string of the molecule is Cc1cc(N[C@H](C)c2n[nH]c(=O)[nH]2)nc(-c2ccccc2O)n1. The second kappa shape index (κ2) is 5.91. The third kappa shape index (κ3) is 3.20. The number of nitrogens with one attached hydrogen (secondary N) is 3. The number of aromatic hydroxyl groups is 1. The maximum Gasteiger partial charge on any atom is 0.340 e. The van der Waals surface area contributed by atoms with Crippen molar-refractivity contribution in [3.8, 4) is 17.1 Å². The zero-order valence-electron chi connectivity index (χ0n) is 12.7. The van der Waals surface area contributed by atoms with Gasteiger partial charge in [-0.1, -0.05) is 12.1 Å². The van der Waals surface area contributed by atoms with Crippen LogP contribution < -0.4 is 11.0 Å². The van der Waals surface area contributed by atoms with E-state index in [1.807, 2.05) is 19.9 Å². The van der Waals surface area contributed by atoms with Crippen LogP contribution >= 0.6 is 0 Å². The van der Waals surface area contributed by atoms with Crippen molar-refractivity contribution in [3.05, 3.63) is 52.3 Å². The Balaban J connectivity index is 1.92. The molecule has 2 aromatic heterocycles. The molecule has 0 aliphatic carbocycles. The minimum absolute atomic E-state index is 0.119. The van der Waals surface area contributed by atoms with E-state index in [4.69, 9.17) is 0 Å². The van der Waals surface area contributed by atoms with Crippen LogP contribution in [0.4, 0.5) is 5.82 Å². The highest BCUT2D eigenvalue weighted by atomic mass is 16.3. The predicted octanol–water partition coefficient (Wildman–Crippen LogP) is 1.74. The Kier molecular flexibility index (Phi) is 3.80. The van der Waals surface area contributed by atoms with E-state index in [0.717, 1.165) is 5.69 Å². The smallest absolute Gasteiger partial charge is 0.340 e. The molecule has 3 aromatic rings. The molecule has 8 heteroatoms. The number of benzene rings is 1. The zero-order valence-corrected chi connectivity index (χ0v) is 12.7. The van der Waals surface area contributed by atoms with E-state index < -0.39 is 0 Å². The maximum absolute atomic E-state index is 11.1. The van der Waals surface area contributed by atoms with Gasteiger partial charge in [0, 0.05) is 11.8 Å². The summed E-state index contributed by atoms with van der Waals surface area (Å²) in [4.78, 5) is 22.5. The van der Waals surface area contributed by atoms with Gasteiger partial charge in [-0.05, 0) is 26.0 Å². The molecule has 3 rings (SSSR count). The second-order valence-corrected chi connectivity index (χ2v) is 5.16. The van der Waals surface area contributed by atoms with Gasteiger partial charge in [0.25, 0.3) is 0 Å². The highest BCUT2D eigenvalue weighted by molar-refractivity contribution is 5.64. The minimum Gasteiger partial charge on any atom is -0.507 e. The van der Waals surface area contributed by atoms with Crippen molar-refractivity contribution in [1.29, 1.82) is 0 Å². The molecule has 8 nitrogen and oxygen atoms in total. The molecule has 1 atom stereocenters. The Morgan fingerprint density at radius 2 is 2.04 bits per heavy atom. The molecule has 0 amide bonds. The fourth-order valence-electron chi connectivity index (χ4n) is 2.20. The van der Waals surface area contributed by atoms with Gasteiger partial charge in [0.05, 0.1) is 11.6 Å². The van der Waals surface area contributed by atoms with Crippen LogP contribution in [0.2, 0.25) is 0 Å². The largest absolute Gasteiger partial charge is 0.507 e. The van der Waals surface area contributed by atoms with E-state index >= 15 is 0 Å². The number of para-hydroxylation sites is 1. The number of H-pyrrole nitrogens is 2. The molecule has 23 heavy (non-hydrogen) atoms. The molecule has 0 fully saturated rings. The maximum atomic E-state index is 11.1. The van der Waals surface area contributed by atoms with Gasteiger partial charge in [-0.2, -0.15) is 5.10 Å². The van der Waals surface area contributed by atoms with Crippen LogP contribution in [0.15, 0.2) is 35.1 Å². The standard InChI is InChI=1S/C15H16N6O2/c1-8-7-12(17-9(2)13-19-15(23)21-20-13)18-14(16-8)10-5-3-4-6-11(10)22/h3-7,9,22H,1-2H3,(H,16,17,18)(H2,19,20,21,23)/t9-/m1/s1. The third-order valence-electron chi connectivity index (χ3n) is 3.29. The van der Waals surface area contributed by atoms with E-state index in [1.54, 1.807) is 24.3 Å². The zero-order chi connectivity index (χ0) is 16.4.